The summed E-state index contributed by atoms with van der Waals surface area (Å²) in [6.45, 7) is 4.16. The van der Waals surface area contributed by atoms with Crippen LogP contribution in [-0.2, 0) is 17.6 Å². The van der Waals surface area contributed by atoms with Gasteiger partial charge in [0.05, 0.1) is 12.2 Å². The number of aryl methyl sites for hydroxylation is 2. The van der Waals surface area contributed by atoms with Gasteiger partial charge in [-0.15, -0.1) is 11.3 Å². The van der Waals surface area contributed by atoms with Crippen LogP contribution in [0, 0.1) is 6.92 Å². The Hall–Kier alpha value is -2.66. The van der Waals surface area contributed by atoms with Gasteiger partial charge in [-0.3, -0.25) is 4.79 Å². The van der Waals surface area contributed by atoms with Crippen LogP contribution in [0.3, 0.4) is 0 Å². The van der Waals surface area contributed by atoms with Crippen molar-refractivity contribution in [2.75, 3.05) is 11.9 Å². The Morgan fingerprint density at radius 3 is 2.61 bits per heavy atom. The molecule has 0 fully saturated rings. The summed E-state index contributed by atoms with van der Waals surface area (Å²) >= 11 is 1.51. The predicted octanol–water partition coefficient (Wildman–Crippen LogP) is 5.52. The molecule has 2 aromatic carbocycles. The van der Waals surface area contributed by atoms with Crippen LogP contribution in [-0.4, -0.2) is 18.5 Å². The van der Waals surface area contributed by atoms with E-state index in [1.165, 1.54) is 16.2 Å². The Bertz CT molecular complexity index is 1070. The second-order valence-corrected chi connectivity index (χ2v) is 8.17. The van der Waals surface area contributed by atoms with Gasteiger partial charge in [-0.1, -0.05) is 30.3 Å². The van der Waals surface area contributed by atoms with Crippen LogP contribution in [0.25, 0.3) is 10.8 Å². The molecule has 1 heterocycles. The number of carbonyl (C=O) groups excluding carboxylic acids is 2. The van der Waals surface area contributed by atoms with E-state index >= 15 is 0 Å². The molecule has 1 N–H and O–H groups in total. The van der Waals surface area contributed by atoms with E-state index < -0.39 is 0 Å². The second-order valence-electron chi connectivity index (χ2n) is 7.07. The number of thiophene rings is 1. The maximum atomic E-state index is 13.1. The molecular weight excluding hydrogens is 370 g/mol. The summed E-state index contributed by atoms with van der Waals surface area (Å²) in [6.07, 6.45) is 4.00. The van der Waals surface area contributed by atoms with Crippen molar-refractivity contribution in [2.24, 2.45) is 0 Å². The minimum absolute atomic E-state index is 0.194. The van der Waals surface area contributed by atoms with Crippen molar-refractivity contribution in [3.63, 3.8) is 0 Å². The molecule has 0 bridgehead atoms. The molecule has 0 aliphatic heterocycles. The molecule has 0 spiro atoms. The Morgan fingerprint density at radius 2 is 1.82 bits per heavy atom. The van der Waals surface area contributed by atoms with E-state index in [0.29, 0.717) is 22.7 Å². The number of rotatable bonds is 4. The smallest absolute Gasteiger partial charge is 0.341 e. The number of hydrogen-bond acceptors (Lipinski definition) is 4. The lowest BCUT2D eigenvalue weighted by Crippen LogP contribution is -2.16. The SMILES string of the molecule is CCOC(=O)c1c(NC(=O)c2ccc(C)c3ccccc23)sc2c1CCCC2. The molecule has 1 aliphatic carbocycles. The number of esters is 1. The third-order valence-corrected chi connectivity index (χ3v) is 6.47. The Balaban J connectivity index is 1.74. The summed E-state index contributed by atoms with van der Waals surface area (Å²) in [5, 5.41) is 5.60. The zero-order chi connectivity index (χ0) is 19.7. The minimum atomic E-state index is -0.342. The third-order valence-electron chi connectivity index (χ3n) is 5.26. The third kappa shape index (κ3) is 3.31. The molecule has 1 aliphatic rings. The first-order chi connectivity index (χ1) is 13.6. The molecule has 4 rings (SSSR count). The molecule has 3 aromatic rings. The first kappa shape index (κ1) is 18.7. The fourth-order valence-corrected chi connectivity index (χ4v) is 5.16. The Morgan fingerprint density at radius 1 is 1.07 bits per heavy atom. The van der Waals surface area contributed by atoms with Crippen LogP contribution in [0.1, 0.15) is 56.5 Å². The predicted molar refractivity (Wildman–Crippen MR) is 114 cm³/mol. The number of benzene rings is 2. The lowest BCUT2D eigenvalue weighted by molar-refractivity contribution is 0.0526. The second kappa shape index (κ2) is 7.76. The van der Waals surface area contributed by atoms with Gasteiger partial charge in [-0.05, 0) is 67.5 Å². The highest BCUT2D eigenvalue weighted by atomic mass is 32.1. The molecule has 0 saturated carbocycles. The van der Waals surface area contributed by atoms with E-state index in [4.69, 9.17) is 4.74 Å². The lowest BCUT2D eigenvalue weighted by Gasteiger charge is -2.12. The van der Waals surface area contributed by atoms with Crippen molar-refractivity contribution in [1.29, 1.82) is 0 Å². The average Bonchev–Trinajstić information content (AvgIpc) is 3.06. The van der Waals surface area contributed by atoms with Gasteiger partial charge in [-0.2, -0.15) is 0 Å². The zero-order valence-electron chi connectivity index (χ0n) is 16.1. The van der Waals surface area contributed by atoms with E-state index in [9.17, 15) is 9.59 Å². The van der Waals surface area contributed by atoms with Crippen LogP contribution >= 0.6 is 11.3 Å². The average molecular weight is 394 g/mol. The first-order valence-corrected chi connectivity index (χ1v) is 10.5. The maximum Gasteiger partial charge on any atom is 0.341 e. The number of ether oxygens (including phenoxy) is 1. The summed E-state index contributed by atoms with van der Waals surface area (Å²) in [5.41, 5.74) is 3.35. The largest absolute Gasteiger partial charge is 0.462 e. The molecule has 1 aromatic heterocycles. The van der Waals surface area contributed by atoms with Gasteiger partial charge in [0.15, 0.2) is 0 Å². The van der Waals surface area contributed by atoms with E-state index in [1.807, 2.05) is 43.3 Å². The van der Waals surface area contributed by atoms with Crippen molar-refractivity contribution in [3.05, 3.63) is 63.5 Å². The minimum Gasteiger partial charge on any atom is -0.462 e. The first-order valence-electron chi connectivity index (χ1n) is 9.71. The highest BCUT2D eigenvalue weighted by Crippen LogP contribution is 2.39. The normalized spacial score (nSPS) is 13.2. The molecular formula is C23H23NO3S. The number of nitrogens with one attached hydrogen (secondary N) is 1. The van der Waals surface area contributed by atoms with Gasteiger partial charge in [0.2, 0.25) is 0 Å². The number of anilines is 1. The summed E-state index contributed by atoms with van der Waals surface area (Å²) < 4.78 is 5.28. The molecule has 1 amide bonds. The van der Waals surface area contributed by atoms with Crippen LogP contribution in [0.15, 0.2) is 36.4 Å². The van der Waals surface area contributed by atoms with E-state index in [0.717, 1.165) is 47.6 Å². The number of fused-ring (bicyclic) bond motifs is 2. The van der Waals surface area contributed by atoms with Crippen LogP contribution in [0.4, 0.5) is 5.00 Å². The van der Waals surface area contributed by atoms with E-state index in [1.54, 1.807) is 6.92 Å². The van der Waals surface area contributed by atoms with Gasteiger partial charge in [0.1, 0.15) is 5.00 Å². The van der Waals surface area contributed by atoms with Gasteiger partial charge in [-0.25, -0.2) is 4.79 Å². The number of amides is 1. The van der Waals surface area contributed by atoms with Crippen LogP contribution in [0.2, 0.25) is 0 Å². The number of hydrogen-bond donors (Lipinski definition) is 1. The van der Waals surface area contributed by atoms with E-state index in [-0.39, 0.29) is 11.9 Å². The van der Waals surface area contributed by atoms with Gasteiger partial charge < -0.3 is 10.1 Å². The maximum absolute atomic E-state index is 13.1. The fourth-order valence-electron chi connectivity index (χ4n) is 3.89. The number of carbonyl (C=O) groups is 2. The standard InChI is InChI=1S/C23H23NO3S/c1-3-27-23(26)20-18-10-6-7-11-19(18)28-22(20)24-21(25)17-13-12-14(2)15-8-4-5-9-16(15)17/h4-5,8-9,12-13H,3,6-7,10-11H2,1-2H3,(H,24,25). The molecule has 5 heteroatoms. The lowest BCUT2D eigenvalue weighted by atomic mass is 9.95. The van der Waals surface area contributed by atoms with Crippen molar-refractivity contribution in [2.45, 2.75) is 39.5 Å². The van der Waals surface area contributed by atoms with Gasteiger partial charge in [0.25, 0.3) is 5.91 Å². The summed E-state index contributed by atoms with van der Waals surface area (Å²) in [4.78, 5) is 26.9. The van der Waals surface area contributed by atoms with Gasteiger partial charge in [0, 0.05) is 10.4 Å². The molecule has 0 atom stereocenters. The quantitative estimate of drug-likeness (QED) is 0.594. The van der Waals surface area contributed by atoms with Crippen molar-refractivity contribution in [3.8, 4) is 0 Å². The summed E-state index contributed by atoms with van der Waals surface area (Å²) in [5.74, 6) is -0.536. The Labute approximate surface area is 168 Å². The topological polar surface area (TPSA) is 55.4 Å². The van der Waals surface area contributed by atoms with Crippen molar-refractivity contribution < 1.29 is 14.3 Å². The molecule has 0 unspecified atom stereocenters. The molecule has 0 saturated heterocycles. The van der Waals surface area contributed by atoms with Crippen molar-refractivity contribution in [1.82, 2.24) is 0 Å². The summed E-state index contributed by atoms with van der Waals surface area (Å²) in [7, 11) is 0. The van der Waals surface area contributed by atoms with Gasteiger partial charge >= 0.3 is 5.97 Å². The van der Waals surface area contributed by atoms with Crippen LogP contribution in [0.5, 0.6) is 0 Å². The Kier molecular flexibility index (Phi) is 5.18. The fraction of sp³-hybridized carbons (Fsp3) is 0.304. The van der Waals surface area contributed by atoms with Crippen molar-refractivity contribution >= 4 is 39.0 Å². The summed E-state index contributed by atoms with van der Waals surface area (Å²) in [6, 6.07) is 11.7. The molecule has 144 valence electrons. The highest BCUT2D eigenvalue weighted by molar-refractivity contribution is 7.17. The molecule has 28 heavy (non-hydrogen) atoms. The molecule has 4 nitrogen and oxygen atoms in total. The zero-order valence-corrected chi connectivity index (χ0v) is 16.9. The van der Waals surface area contributed by atoms with E-state index in [2.05, 4.69) is 5.32 Å². The highest BCUT2D eigenvalue weighted by Gasteiger charge is 2.27. The molecule has 0 radical (unpaired) electrons. The van der Waals surface area contributed by atoms with Crippen LogP contribution < -0.4 is 5.32 Å². The monoisotopic (exact) mass is 393 g/mol.